The van der Waals surface area contributed by atoms with Crippen molar-refractivity contribution in [3.8, 4) is 0 Å². The fourth-order valence-electron chi connectivity index (χ4n) is 6.39. The van der Waals surface area contributed by atoms with Crippen molar-refractivity contribution in [2.75, 3.05) is 0 Å². The summed E-state index contributed by atoms with van der Waals surface area (Å²) < 4.78 is 0. The van der Waals surface area contributed by atoms with Crippen LogP contribution in [0.3, 0.4) is 0 Å². The van der Waals surface area contributed by atoms with Gasteiger partial charge in [0.1, 0.15) is 0 Å². The number of carboxylic acids is 1. The van der Waals surface area contributed by atoms with Crippen LogP contribution in [0.2, 0.25) is 0 Å². The predicted molar refractivity (Wildman–Crippen MR) is 88.8 cm³/mol. The van der Waals surface area contributed by atoms with E-state index in [1.54, 1.807) is 0 Å². The molecule has 6 atom stereocenters. The summed E-state index contributed by atoms with van der Waals surface area (Å²) in [4.78, 5) is 11.7. The highest BCUT2D eigenvalue weighted by atomic mass is 16.4. The van der Waals surface area contributed by atoms with Crippen LogP contribution in [0.4, 0.5) is 0 Å². The largest absolute Gasteiger partial charge is 0.481 e. The van der Waals surface area contributed by atoms with Crippen molar-refractivity contribution in [3.63, 3.8) is 0 Å². The van der Waals surface area contributed by atoms with Gasteiger partial charge < -0.3 is 10.2 Å². The molecular weight excluding hydrogens is 288 g/mol. The lowest BCUT2D eigenvalue weighted by molar-refractivity contribution is -0.146. The number of rotatable bonds is 1. The summed E-state index contributed by atoms with van der Waals surface area (Å²) in [5, 5.41) is 19.6. The molecule has 23 heavy (non-hydrogen) atoms. The number of aliphatic hydroxyl groups excluding tert-OH is 1. The van der Waals surface area contributed by atoms with E-state index in [1.165, 1.54) is 11.1 Å². The Morgan fingerprint density at radius 1 is 1.09 bits per heavy atom. The normalized spacial score (nSPS) is 48.7. The molecule has 4 aliphatic rings. The number of carboxylic acid groups (broad SMARTS) is 1. The van der Waals surface area contributed by atoms with Gasteiger partial charge in [0, 0.05) is 0 Å². The van der Waals surface area contributed by atoms with Crippen LogP contribution in [0.1, 0.15) is 58.8 Å². The zero-order valence-corrected chi connectivity index (χ0v) is 14.2. The third-order valence-corrected chi connectivity index (χ3v) is 7.84. The van der Waals surface area contributed by atoms with Crippen LogP contribution in [0, 0.1) is 28.6 Å². The van der Waals surface area contributed by atoms with Gasteiger partial charge in [-0.1, -0.05) is 37.1 Å². The van der Waals surface area contributed by atoms with Gasteiger partial charge in [0.15, 0.2) is 0 Å². The van der Waals surface area contributed by atoms with Crippen LogP contribution in [0.25, 0.3) is 0 Å². The number of hydrogen-bond acceptors (Lipinski definition) is 2. The zero-order valence-electron chi connectivity index (χ0n) is 14.2. The third-order valence-electron chi connectivity index (χ3n) is 7.84. The first kappa shape index (κ1) is 15.4. The van der Waals surface area contributed by atoms with Gasteiger partial charge in [0.25, 0.3) is 0 Å². The number of fused-ring (bicyclic) bond motifs is 5. The van der Waals surface area contributed by atoms with Crippen LogP contribution in [-0.2, 0) is 4.79 Å². The lowest BCUT2D eigenvalue weighted by Crippen LogP contribution is -2.46. The van der Waals surface area contributed by atoms with Crippen molar-refractivity contribution < 1.29 is 15.0 Å². The molecule has 3 saturated carbocycles. The fourth-order valence-corrected chi connectivity index (χ4v) is 6.39. The maximum absolute atomic E-state index is 11.7. The minimum absolute atomic E-state index is 0.0654. The summed E-state index contributed by atoms with van der Waals surface area (Å²) in [5.41, 5.74) is 3.06. The van der Waals surface area contributed by atoms with Gasteiger partial charge in [0.2, 0.25) is 0 Å². The molecular formula is C20H28O3. The van der Waals surface area contributed by atoms with E-state index in [1.807, 2.05) is 0 Å². The van der Waals surface area contributed by atoms with Gasteiger partial charge >= 0.3 is 5.97 Å². The molecule has 0 aromatic rings. The fraction of sp³-hybridized carbons (Fsp3) is 0.750. The maximum atomic E-state index is 11.7. The second-order valence-corrected chi connectivity index (χ2v) is 8.79. The molecule has 3 heteroatoms. The van der Waals surface area contributed by atoms with Gasteiger partial charge in [-0.3, -0.25) is 4.79 Å². The van der Waals surface area contributed by atoms with Crippen molar-refractivity contribution in [1.82, 2.24) is 0 Å². The Morgan fingerprint density at radius 3 is 2.61 bits per heavy atom. The van der Waals surface area contributed by atoms with Gasteiger partial charge in [-0.15, -0.1) is 0 Å². The lowest BCUT2D eigenvalue weighted by Gasteiger charge is -2.54. The van der Waals surface area contributed by atoms with Gasteiger partial charge in [-0.05, 0) is 67.6 Å². The topological polar surface area (TPSA) is 57.5 Å². The molecule has 0 spiro atoms. The molecule has 3 fully saturated rings. The molecule has 126 valence electrons. The summed E-state index contributed by atoms with van der Waals surface area (Å²) in [6.45, 7) is 4.60. The Hall–Kier alpha value is -1.09. The highest BCUT2D eigenvalue weighted by molar-refractivity contribution is 5.72. The minimum atomic E-state index is -0.604. The monoisotopic (exact) mass is 316 g/mol. The molecule has 2 N–H and O–H groups in total. The van der Waals surface area contributed by atoms with Crippen molar-refractivity contribution in [3.05, 3.63) is 23.3 Å². The summed E-state index contributed by atoms with van der Waals surface area (Å²) >= 11 is 0. The number of aliphatic carboxylic acids is 1. The second-order valence-electron chi connectivity index (χ2n) is 8.79. The van der Waals surface area contributed by atoms with Crippen molar-refractivity contribution in [1.29, 1.82) is 0 Å². The van der Waals surface area contributed by atoms with E-state index in [-0.39, 0.29) is 22.9 Å². The molecule has 0 aliphatic heterocycles. The van der Waals surface area contributed by atoms with E-state index in [4.69, 9.17) is 0 Å². The molecule has 0 bridgehead atoms. The van der Waals surface area contributed by atoms with Crippen molar-refractivity contribution >= 4 is 5.97 Å². The van der Waals surface area contributed by atoms with E-state index in [0.29, 0.717) is 11.8 Å². The average Bonchev–Trinajstić information content (AvgIpc) is 2.85. The Labute approximate surface area is 138 Å². The summed E-state index contributed by atoms with van der Waals surface area (Å²) in [5.74, 6) is 0.207. The lowest BCUT2D eigenvalue weighted by atomic mass is 9.50. The molecule has 0 aromatic carbocycles. The van der Waals surface area contributed by atoms with Crippen LogP contribution in [0.15, 0.2) is 23.3 Å². The summed E-state index contributed by atoms with van der Waals surface area (Å²) in [6, 6.07) is 0. The maximum Gasteiger partial charge on any atom is 0.307 e. The van der Waals surface area contributed by atoms with Crippen molar-refractivity contribution in [2.45, 2.75) is 64.9 Å². The Balaban J connectivity index is 1.72. The number of aliphatic hydroxyl groups is 1. The standard InChI is InChI=1S/C20H28O3/c1-19-9-7-13(21)11-12(19)3-4-14-15-5-6-17(18(22)23)20(15,2)10-8-16(14)19/h3-4,13,15-17,21H,5-11H2,1-2H3,(H,22,23)/t13-,15-,16+,17+,19+,20-/m0/s1. The van der Waals surface area contributed by atoms with Gasteiger partial charge in [0.05, 0.1) is 12.0 Å². The highest BCUT2D eigenvalue weighted by Gasteiger charge is 2.57. The van der Waals surface area contributed by atoms with E-state index in [2.05, 4.69) is 26.0 Å². The molecule has 3 nitrogen and oxygen atoms in total. The smallest absolute Gasteiger partial charge is 0.307 e. The Kier molecular flexibility index (Phi) is 3.32. The van der Waals surface area contributed by atoms with Gasteiger partial charge in [-0.2, -0.15) is 0 Å². The predicted octanol–water partition coefficient (Wildman–Crippen LogP) is 3.93. The molecule has 4 aliphatic carbocycles. The molecule has 4 rings (SSSR count). The van der Waals surface area contributed by atoms with Crippen LogP contribution in [0.5, 0.6) is 0 Å². The van der Waals surface area contributed by atoms with Gasteiger partial charge in [-0.25, -0.2) is 0 Å². The number of hydrogen-bond donors (Lipinski definition) is 2. The molecule has 0 amide bonds. The molecule has 0 unspecified atom stereocenters. The van der Waals surface area contributed by atoms with Crippen molar-refractivity contribution in [2.24, 2.45) is 28.6 Å². The Morgan fingerprint density at radius 2 is 1.87 bits per heavy atom. The summed E-state index contributed by atoms with van der Waals surface area (Å²) in [7, 11) is 0. The third kappa shape index (κ3) is 2.02. The number of allylic oxidation sites excluding steroid dienone is 3. The van der Waals surface area contributed by atoms with E-state index >= 15 is 0 Å². The number of carbonyl (C=O) groups is 1. The summed E-state index contributed by atoms with van der Waals surface area (Å²) in [6.07, 6.45) is 11.1. The highest BCUT2D eigenvalue weighted by Crippen LogP contribution is 2.64. The molecule has 0 radical (unpaired) electrons. The van der Waals surface area contributed by atoms with Crippen LogP contribution in [-0.4, -0.2) is 22.3 Å². The molecule has 0 saturated heterocycles. The Bertz CT molecular complexity index is 604. The SMILES string of the molecule is C[C@]12CC[C@@H]3C(=CC=C4C[C@@H](O)CC[C@]43C)[C@@H]1CC[C@@H]2C(=O)O. The second kappa shape index (κ2) is 4.95. The minimum Gasteiger partial charge on any atom is -0.481 e. The first-order chi connectivity index (χ1) is 10.9. The van der Waals surface area contributed by atoms with Crippen LogP contribution >= 0.6 is 0 Å². The van der Waals surface area contributed by atoms with E-state index in [9.17, 15) is 15.0 Å². The first-order valence-corrected chi connectivity index (χ1v) is 9.18. The van der Waals surface area contributed by atoms with E-state index < -0.39 is 5.97 Å². The zero-order chi connectivity index (χ0) is 16.4. The molecule has 0 aromatic heterocycles. The van der Waals surface area contributed by atoms with Crippen LogP contribution < -0.4 is 0 Å². The quantitative estimate of drug-likeness (QED) is 0.770. The van der Waals surface area contributed by atoms with E-state index in [0.717, 1.165) is 44.9 Å². The average molecular weight is 316 g/mol. The first-order valence-electron chi connectivity index (χ1n) is 9.18. The molecule has 0 heterocycles.